The molecular weight excluding hydrogens is 367 g/mol. The van der Waals surface area contributed by atoms with E-state index in [1.807, 2.05) is 0 Å². The molecule has 1 saturated carbocycles. The third kappa shape index (κ3) is 3.43. The fourth-order valence-electron chi connectivity index (χ4n) is 5.48. The monoisotopic (exact) mass is 391 g/mol. The molecule has 2 N–H and O–H groups in total. The number of halogens is 3. The fourth-order valence-corrected chi connectivity index (χ4v) is 5.48. The number of hydrogen-bond acceptors (Lipinski definition) is 4. The maximum atomic E-state index is 12.9. The molecule has 0 aromatic heterocycles. The molecule has 7 nitrogen and oxygen atoms in total. The van der Waals surface area contributed by atoms with Crippen LogP contribution in [0.1, 0.15) is 38.5 Å². The standard InChI is InChI=1S/C17H24F3N3O4/c18-17(19,20)8-13-16(27-14(24)21-13)3-5-22(6-4-16)12-7-11-2-1-10(12)9-23(11)15(25)26/h10-13H,1-9H2,(H,21,24)(H,25,26). The number of carbonyl (C=O) groups is 2. The number of alkyl halides is 3. The Labute approximate surface area is 154 Å². The van der Waals surface area contributed by atoms with E-state index < -0.39 is 36.4 Å². The van der Waals surface area contributed by atoms with Gasteiger partial charge in [-0.2, -0.15) is 13.2 Å². The maximum absolute atomic E-state index is 12.9. The predicted molar refractivity (Wildman–Crippen MR) is 87.3 cm³/mol. The molecule has 0 aromatic rings. The van der Waals surface area contributed by atoms with Crippen LogP contribution in [0.3, 0.4) is 0 Å². The number of carboxylic acid groups (broad SMARTS) is 1. The minimum atomic E-state index is -4.36. The Morgan fingerprint density at radius 3 is 2.56 bits per heavy atom. The third-order valence-corrected chi connectivity index (χ3v) is 6.82. The molecule has 4 heterocycles. The lowest BCUT2D eigenvalue weighted by atomic mass is 9.74. The quantitative estimate of drug-likeness (QED) is 0.756. The number of amides is 2. The Balaban J connectivity index is 1.40. The van der Waals surface area contributed by atoms with Gasteiger partial charge in [0, 0.05) is 44.6 Å². The number of likely N-dealkylation sites (tertiary alicyclic amines) is 1. The van der Waals surface area contributed by atoms with Crippen molar-refractivity contribution in [2.45, 2.75) is 68.4 Å². The van der Waals surface area contributed by atoms with Crippen LogP contribution in [-0.2, 0) is 4.74 Å². The summed E-state index contributed by atoms with van der Waals surface area (Å²) in [5, 5.41) is 11.6. The average Bonchev–Trinajstić information content (AvgIpc) is 2.88. The Bertz CT molecular complexity index is 621. The van der Waals surface area contributed by atoms with Crippen LogP contribution in [0.15, 0.2) is 0 Å². The number of carbonyl (C=O) groups excluding carboxylic acids is 1. The summed E-state index contributed by atoms with van der Waals surface area (Å²) in [5.74, 6) is 0.260. The average molecular weight is 391 g/mol. The molecule has 0 aromatic carbocycles. The van der Waals surface area contributed by atoms with Crippen molar-refractivity contribution >= 4 is 12.2 Å². The minimum absolute atomic E-state index is 0.0253. The largest absolute Gasteiger partial charge is 0.465 e. The van der Waals surface area contributed by atoms with E-state index in [1.54, 1.807) is 0 Å². The van der Waals surface area contributed by atoms with Gasteiger partial charge in [-0.05, 0) is 25.2 Å². The van der Waals surface area contributed by atoms with E-state index in [-0.39, 0.29) is 18.0 Å². The molecule has 1 spiro atoms. The Morgan fingerprint density at radius 2 is 2.00 bits per heavy atom. The van der Waals surface area contributed by atoms with Gasteiger partial charge in [0.25, 0.3) is 0 Å². The molecule has 4 atom stereocenters. The Kier molecular flexibility index (Phi) is 4.44. The highest BCUT2D eigenvalue weighted by atomic mass is 19.4. The second-order valence-corrected chi connectivity index (χ2v) is 8.24. The normalized spacial score (nSPS) is 36.0. The molecule has 152 valence electrons. The number of fused-ring (bicyclic) bond motifs is 3. The number of piperidine rings is 3. The van der Waals surface area contributed by atoms with Crippen molar-refractivity contribution in [2.75, 3.05) is 19.6 Å². The van der Waals surface area contributed by atoms with Gasteiger partial charge in [-0.25, -0.2) is 9.59 Å². The van der Waals surface area contributed by atoms with E-state index in [0.29, 0.717) is 32.5 Å². The number of alkyl carbamates (subject to hydrolysis) is 1. The SMILES string of the molecule is O=C1NC(CC(F)(F)F)C2(CCN(C3CC4CCC3CN4C(=O)O)CC2)O1. The van der Waals surface area contributed by atoms with Gasteiger partial charge in [0.05, 0.1) is 12.5 Å². The molecule has 4 unspecified atom stereocenters. The molecule has 2 bridgehead atoms. The van der Waals surface area contributed by atoms with E-state index in [9.17, 15) is 27.9 Å². The second kappa shape index (κ2) is 6.42. The molecular formula is C17H24F3N3O4. The molecule has 10 heteroatoms. The summed E-state index contributed by atoms with van der Waals surface area (Å²) in [4.78, 5) is 26.8. The highest BCUT2D eigenvalue weighted by Crippen LogP contribution is 2.43. The van der Waals surface area contributed by atoms with Crippen LogP contribution in [0.25, 0.3) is 0 Å². The van der Waals surface area contributed by atoms with Gasteiger partial charge >= 0.3 is 18.4 Å². The zero-order chi connectivity index (χ0) is 19.4. The van der Waals surface area contributed by atoms with Crippen molar-refractivity contribution < 1.29 is 32.6 Å². The fraction of sp³-hybridized carbons (Fsp3) is 0.882. The summed E-state index contributed by atoms with van der Waals surface area (Å²) >= 11 is 0. The summed E-state index contributed by atoms with van der Waals surface area (Å²) in [5.41, 5.74) is -1.09. The topological polar surface area (TPSA) is 82.1 Å². The van der Waals surface area contributed by atoms with Crippen LogP contribution in [0.2, 0.25) is 0 Å². The lowest BCUT2D eigenvalue weighted by molar-refractivity contribution is -0.152. The predicted octanol–water partition coefficient (Wildman–Crippen LogP) is 2.41. The molecule has 5 fully saturated rings. The van der Waals surface area contributed by atoms with Crippen LogP contribution in [0.5, 0.6) is 0 Å². The maximum Gasteiger partial charge on any atom is 0.408 e. The van der Waals surface area contributed by atoms with Crippen LogP contribution in [0, 0.1) is 5.92 Å². The summed E-state index contributed by atoms with van der Waals surface area (Å²) in [7, 11) is 0. The number of nitrogens with one attached hydrogen (secondary N) is 1. The van der Waals surface area contributed by atoms with Crippen molar-refractivity contribution in [3.05, 3.63) is 0 Å². The van der Waals surface area contributed by atoms with Crippen LogP contribution in [-0.4, -0.2) is 76.6 Å². The minimum Gasteiger partial charge on any atom is -0.465 e. The van der Waals surface area contributed by atoms with Crippen LogP contribution < -0.4 is 5.32 Å². The van der Waals surface area contributed by atoms with Gasteiger partial charge in [-0.3, -0.25) is 4.90 Å². The van der Waals surface area contributed by atoms with E-state index >= 15 is 0 Å². The lowest BCUT2D eigenvalue weighted by Crippen LogP contribution is -2.62. The summed E-state index contributed by atoms with van der Waals surface area (Å²) in [6, 6.07) is -0.766. The lowest BCUT2D eigenvalue weighted by Gasteiger charge is -2.53. The highest BCUT2D eigenvalue weighted by molar-refractivity contribution is 5.71. The van der Waals surface area contributed by atoms with Crippen molar-refractivity contribution in [1.82, 2.24) is 15.1 Å². The first-order chi connectivity index (χ1) is 12.7. The van der Waals surface area contributed by atoms with E-state index in [4.69, 9.17) is 4.74 Å². The van der Waals surface area contributed by atoms with Gasteiger partial charge in [-0.15, -0.1) is 0 Å². The number of hydrogen-bond donors (Lipinski definition) is 2. The van der Waals surface area contributed by atoms with E-state index in [1.165, 1.54) is 4.90 Å². The number of ether oxygens (including phenoxy) is 1. The van der Waals surface area contributed by atoms with Crippen LogP contribution >= 0.6 is 0 Å². The number of nitrogens with zero attached hydrogens (tertiary/aromatic N) is 2. The summed E-state index contributed by atoms with van der Waals surface area (Å²) < 4.78 is 44.0. The molecule has 4 aliphatic heterocycles. The zero-order valence-electron chi connectivity index (χ0n) is 14.9. The molecule has 5 rings (SSSR count). The second-order valence-electron chi connectivity index (χ2n) is 8.24. The summed E-state index contributed by atoms with van der Waals surface area (Å²) in [6.45, 7) is 1.65. The third-order valence-electron chi connectivity index (χ3n) is 6.82. The molecule has 4 saturated heterocycles. The van der Waals surface area contributed by atoms with Crippen molar-refractivity contribution in [3.63, 3.8) is 0 Å². The summed E-state index contributed by atoms with van der Waals surface area (Å²) in [6.07, 6.45) is -3.74. The Hall–Kier alpha value is -1.71. The van der Waals surface area contributed by atoms with Gasteiger partial charge < -0.3 is 20.1 Å². The molecule has 1 aliphatic carbocycles. The molecule has 5 aliphatic rings. The Morgan fingerprint density at radius 1 is 1.30 bits per heavy atom. The molecule has 27 heavy (non-hydrogen) atoms. The van der Waals surface area contributed by atoms with Crippen molar-refractivity contribution in [3.8, 4) is 0 Å². The zero-order valence-corrected chi connectivity index (χ0v) is 14.9. The van der Waals surface area contributed by atoms with Crippen molar-refractivity contribution in [2.24, 2.45) is 5.92 Å². The number of rotatable bonds is 2. The van der Waals surface area contributed by atoms with Gasteiger partial charge in [0.15, 0.2) is 0 Å². The van der Waals surface area contributed by atoms with Gasteiger partial charge in [0.1, 0.15) is 5.60 Å². The smallest absolute Gasteiger partial charge is 0.408 e. The van der Waals surface area contributed by atoms with Crippen molar-refractivity contribution in [1.29, 1.82) is 0 Å². The first kappa shape index (κ1) is 18.6. The van der Waals surface area contributed by atoms with Gasteiger partial charge in [0.2, 0.25) is 0 Å². The first-order valence-corrected chi connectivity index (χ1v) is 9.47. The first-order valence-electron chi connectivity index (χ1n) is 9.47. The van der Waals surface area contributed by atoms with Gasteiger partial charge in [-0.1, -0.05) is 0 Å². The van der Waals surface area contributed by atoms with E-state index in [2.05, 4.69) is 10.2 Å². The van der Waals surface area contributed by atoms with E-state index in [0.717, 1.165) is 19.3 Å². The molecule has 0 radical (unpaired) electrons. The van der Waals surface area contributed by atoms with Crippen LogP contribution in [0.4, 0.5) is 22.8 Å². The highest BCUT2D eigenvalue weighted by Gasteiger charge is 2.55. The molecule has 2 amide bonds.